The van der Waals surface area contributed by atoms with E-state index in [0.29, 0.717) is 5.02 Å². The Morgan fingerprint density at radius 2 is 2.06 bits per heavy atom. The van der Waals surface area contributed by atoms with Crippen LogP contribution in [0.3, 0.4) is 0 Å². The van der Waals surface area contributed by atoms with Crippen molar-refractivity contribution in [3.63, 3.8) is 0 Å². The van der Waals surface area contributed by atoms with Crippen molar-refractivity contribution in [3.8, 4) is 5.75 Å². The summed E-state index contributed by atoms with van der Waals surface area (Å²) in [5, 5.41) is 9.85. The number of piperidine rings is 1. The molecule has 0 radical (unpaired) electrons. The first-order chi connectivity index (χ1) is 8.69. The zero-order valence-corrected chi connectivity index (χ0v) is 11.8. The standard InChI is InChI=1S/C15H22ClNO/c1-2-3-12-6-8-17(9-7-12)11-13-4-5-15(18)14(16)10-13/h4-5,10,12,18H,2-3,6-9,11H2,1H3. The molecule has 0 atom stereocenters. The van der Waals surface area contributed by atoms with Gasteiger partial charge in [0.05, 0.1) is 5.02 Å². The molecule has 0 saturated carbocycles. The highest BCUT2D eigenvalue weighted by molar-refractivity contribution is 6.32. The van der Waals surface area contributed by atoms with Crippen molar-refractivity contribution >= 4 is 11.6 Å². The molecule has 1 heterocycles. The molecule has 18 heavy (non-hydrogen) atoms. The Bertz CT molecular complexity index is 386. The lowest BCUT2D eigenvalue weighted by molar-refractivity contribution is 0.172. The van der Waals surface area contributed by atoms with Gasteiger partial charge in [0.1, 0.15) is 5.75 Å². The maximum absolute atomic E-state index is 9.40. The third-order valence-corrected chi connectivity index (χ3v) is 4.13. The lowest BCUT2D eigenvalue weighted by Crippen LogP contribution is -2.33. The molecule has 1 aromatic rings. The van der Waals surface area contributed by atoms with Crippen LogP contribution in [-0.4, -0.2) is 23.1 Å². The van der Waals surface area contributed by atoms with Crippen molar-refractivity contribution in [2.45, 2.75) is 39.2 Å². The van der Waals surface area contributed by atoms with E-state index in [-0.39, 0.29) is 5.75 Å². The number of hydrogen-bond donors (Lipinski definition) is 1. The summed E-state index contributed by atoms with van der Waals surface area (Å²) < 4.78 is 0. The Hall–Kier alpha value is -0.730. The highest BCUT2D eigenvalue weighted by Gasteiger charge is 2.18. The molecular formula is C15H22ClNO. The fourth-order valence-electron chi connectivity index (χ4n) is 2.75. The van der Waals surface area contributed by atoms with Crippen LogP contribution >= 0.6 is 11.6 Å². The SMILES string of the molecule is CCCC1CCN(Cc2ccc(O)c(Cl)c2)CC1. The molecule has 1 aliphatic rings. The first-order valence-corrected chi connectivity index (χ1v) is 7.26. The predicted octanol–water partition coefficient (Wildman–Crippen LogP) is 4.06. The molecule has 3 heteroatoms. The minimum atomic E-state index is 0.169. The summed E-state index contributed by atoms with van der Waals surface area (Å²) in [5.41, 5.74) is 1.19. The molecule has 1 saturated heterocycles. The molecule has 0 aliphatic carbocycles. The van der Waals surface area contributed by atoms with E-state index in [1.807, 2.05) is 12.1 Å². The van der Waals surface area contributed by atoms with E-state index in [9.17, 15) is 5.11 Å². The summed E-state index contributed by atoms with van der Waals surface area (Å²) in [6.07, 6.45) is 5.32. The molecule has 1 N–H and O–H groups in total. The van der Waals surface area contributed by atoms with Gasteiger partial charge < -0.3 is 5.11 Å². The van der Waals surface area contributed by atoms with Crippen LogP contribution in [0, 0.1) is 5.92 Å². The average Bonchev–Trinajstić information content (AvgIpc) is 2.37. The summed E-state index contributed by atoms with van der Waals surface area (Å²) >= 11 is 5.93. The van der Waals surface area contributed by atoms with Crippen molar-refractivity contribution in [2.75, 3.05) is 13.1 Å². The molecule has 1 aromatic carbocycles. The van der Waals surface area contributed by atoms with Crippen molar-refractivity contribution in [3.05, 3.63) is 28.8 Å². The number of aromatic hydroxyl groups is 1. The van der Waals surface area contributed by atoms with E-state index in [1.54, 1.807) is 6.07 Å². The van der Waals surface area contributed by atoms with Crippen molar-refractivity contribution in [2.24, 2.45) is 5.92 Å². The third-order valence-electron chi connectivity index (χ3n) is 3.82. The van der Waals surface area contributed by atoms with E-state index in [2.05, 4.69) is 11.8 Å². The molecule has 0 spiro atoms. The van der Waals surface area contributed by atoms with Gasteiger partial charge in [0.15, 0.2) is 0 Å². The molecule has 0 unspecified atom stereocenters. The Labute approximate surface area is 115 Å². The molecule has 2 nitrogen and oxygen atoms in total. The van der Waals surface area contributed by atoms with Crippen LogP contribution < -0.4 is 0 Å². The van der Waals surface area contributed by atoms with Gasteiger partial charge in [-0.1, -0.05) is 37.4 Å². The first-order valence-electron chi connectivity index (χ1n) is 6.88. The van der Waals surface area contributed by atoms with E-state index < -0.39 is 0 Å². The van der Waals surface area contributed by atoms with Crippen LogP contribution in [-0.2, 0) is 6.54 Å². The van der Waals surface area contributed by atoms with Gasteiger partial charge in [0.2, 0.25) is 0 Å². The van der Waals surface area contributed by atoms with E-state index in [0.717, 1.165) is 12.5 Å². The monoisotopic (exact) mass is 267 g/mol. The Morgan fingerprint density at radius 1 is 1.33 bits per heavy atom. The second-order valence-corrected chi connectivity index (χ2v) is 5.70. The van der Waals surface area contributed by atoms with Gasteiger partial charge >= 0.3 is 0 Å². The third kappa shape index (κ3) is 3.63. The minimum absolute atomic E-state index is 0.169. The van der Waals surface area contributed by atoms with Gasteiger partial charge in [-0.05, 0) is 49.5 Å². The maximum Gasteiger partial charge on any atom is 0.134 e. The number of hydrogen-bond acceptors (Lipinski definition) is 2. The van der Waals surface area contributed by atoms with Gasteiger partial charge in [-0.3, -0.25) is 4.90 Å². The van der Waals surface area contributed by atoms with Crippen LogP contribution in [0.1, 0.15) is 38.2 Å². The van der Waals surface area contributed by atoms with Crippen molar-refractivity contribution in [1.29, 1.82) is 0 Å². The Kier molecular flexibility index (Phi) is 4.90. The van der Waals surface area contributed by atoms with E-state index in [1.165, 1.54) is 44.3 Å². The lowest BCUT2D eigenvalue weighted by Gasteiger charge is -2.31. The van der Waals surface area contributed by atoms with Crippen LogP contribution in [0.4, 0.5) is 0 Å². The first kappa shape index (κ1) is 13.7. The molecule has 1 aliphatic heterocycles. The second-order valence-electron chi connectivity index (χ2n) is 5.29. The average molecular weight is 268 g/mol. The van der Waals surface area contributed by atoms with Crippen LogP contribution in [0.15, 0.2) is 18.2 Å². The number of benzene rings is 1. The summed E-state index contributed by atoms with van der Waals surface area (Å²) in [6.45, 7) is 5.58. The number of halogens is 1. The van der Waals surface area contributed by atoms with Crippen molar-refractivity contribution < 1.29 is 5.11 Å². The number of nitrogens with zero attached hydrogens (tertiary/aromatic N) is 1. The number of phenolic OH excluding ortho intramolecular Hbond substituents is 1. The van der Waals surface area contributed by atoms with Gasteiger partial charge in [-0.2, -0.15) is 0 Å². The topological polar surface area (TPSA) is 23.5 Å². The fraction of sp³-hybridized carbons (Fsp3) is 0.600. The number of likely N-dealkylation sites (tertiary alicyclic amines) is 1. The molecule has 100 valence electrons. The van der Waals surface area contributed by atoms with E-state index >= 15 is 0 Å². The molecule has 0 amide bonds. The highest BCUT2D eigenvalue weighted by atomic mass is 35.5. The van der Waals surface area contributed by atoms with Gasteiger partial charge in [0.25, 0.3) is 0 Å². The Balaban J connectivity index is 1.85. The summed E-state index contributed by atoms with van der Waals surface area (Å²) in [5.74, 6) is 1.09. The zero-order chi connectivity index (χ0) is 13.0. The number of rotatable bonds is 4. The maximum atomic E-state index is 9.40. The second kappa shape index (κ2) is 6.44. The molecular weight excluding hydrogens is 246 g/mol. The van der Waals surface area contributed by atoms with Crippen molar-refractivity contribution in [1.82, 2.24) is 4.90 Å². The summed E-state index contributed by atoms with van der Waals surface area (Å²) in [4.78, 5) is 2.48. The van der Waals surface area contributed by atoms with E-state index in [4.69, 9.17) is 11.6 Å². The van der Waals surface area contributed by atoms with Gasteiger partial charge in [-0.15, -0.1) is 0 Å². The van der Waals surface area contributed by atoms with Crippen LogP contribution in [0.5, 0.6) is 5.75 Å². The minimum Gasteiger partial charge on any atom is -0.506 e. The smallest absolute Gasteiger partial charge is 0.134 e. The fourth-order valence-corrected chi connectivity index (χ4v) is 2.95. The summed E-state index contributed by atoms with van der Waals surface area (Å²) in [7, 11) is 0. The largest absolute Gasteiger partial charge is 0.506 e. The van der Waals surface area contributed by atoms with Gasteiger partial charge in [-0.25, -0.2) is 0 Å². The summed E-state index contributed by atoms with van der Waals surface area (Å²) in [6, 6.07) is 5.51. The number of phenols is 1. The normalized spacial score (nSPS) is 18.1. The molecule has 2 rings (SSSR count). The van der Waals surface area contributed by atoms with Crippen LogP contribution in [0.2, 0.25) is 5.02 Å². The lowest BCUT2D eigenvalue weighted by atomic mass is 9.92. The van der Waals surface area contributed by atoms with Gasteiger partial charge in [0, 0.05) is 6.54 Å². The molecule has 0 aromatic heterocycles. The quantitative estimate of drug-likeness (QED) is 0.889. The zero-order valence-electron chi connectivity index (χ0n) is 11.0. The highest BCUT2D eigenvalue weighted by Crippen LogP contribution is 2.26. The van der Waals surface area contributed by atoms with Crippen LogP contribution in [0.25, 0.3) is 0 Å². The molecule has 1 fully saturated rings. The molecule has 0 bridgehead atoms. The predicted molar refractivity (Wildman–Crippen MR) is 76.0 cm³/mol. The Morgan fingerprint density at radius 3 is 2.67 bits per heavy atom.